The summed E-state index contributed by atoms with van der Waals surface area (Å²) < 4.78 is 39.1. The Balaban J connectivity index is 1.68. The molecule has 1 amide bonds. The van der Waals surface area contributed by atoms with E-state index in [1.54, 1.807) is 0 Å². The second kappa shape index (κ2) is 7.99. The monoisotopic (exact) mass is 383 g/mol. The Kier molecular flexibility index (Phi) is 5.70. The number of hydrogen-bond acceptors (Lipinski definition) is 4. The number of rotatable bonds is 6. The van der Waals surface area contributed by atoms with Crippen LogP contribution in [0.3, 0.4) is 0 Å². The third-order valence-corrected chi connectivity index (χ3v) is 5.13. The molecule has 8 heteroatoms. The molecule has 4 nitrogen and oxygen atoms in total. The lowest BCUT2D eigenvalue weighted by Crippen LogP contribution is -2.30. The molecule has 140 valence electrons. The first kappa shape index (κ1) is 18.6. The van der Waals surface area contributed by atoms with Crippen molar-refractivity contribution in [1.29, 1.82) is 0 Å². The van der Waals surface area contributed by atoms with Crippen LogP contribution in [-0.4, -0.2) is 25.5 Å². The summed E-state index contributed by atoms with van der Waals surface area (Å²) in [4.78, 5) is 15.1. The van der Waals surface area contributed by atoms with Crippen LogP contribution in [0.2, 0.25) is 0 Å². The van der Waals surface area contributed by atoms with Gasteiger partial charge in [-0.1, -0.05) is 6.07 Å². The standard InChI is InChI=1S/C18H20F3N3OS/c19-18(20,21)13-5-6-16(24-7-1-2-8-24)15(10-13)22-12-17(25)23-11-14-4-3-9-26-14/h3-6,9-10,22H,1-2,7-8,11-12H2,(H,23,25). The van der Waals surface area contributed by atoms with Crippen LogP contribution >= 0.6 is 11.3 Å². The molecule has 1 aliphatic heterocycles. The van der Waals surface area contributed by atoms with E-state index in [0.717, 1.165) is 42.9 Å². The Morgan fingerprint density at radius 1 is 1.19 bits per heavy atom. The predicted octanol–water partition coefficient (Wildman–Crippen LogP) is 4.10. The number of halogens is 3. The molecule has 3 rings (SSSR count). The van der Waals surface area contributed by atoms with Gasteiger partial charge in [-0.2, -0.15) is 13.2 Å². The summed E-state index contributed by atoms with van der Waals surface area (Å²) in [5.41, 5.74) is 0.330. The largest absolute Gasteiger partial charge is 0.416 e. The molecule has 2 heterocycles. The molecule has 0 aliphatic carbocycles. The topological polar surface area (TPSA) is 44.4 Å². The van der Waals surface area contributed by atoms with Crippen molar-refractivity contribution in [3.8, 4) is 0 Å². The van der Waals surface area contributed by atoms with Crippen molar-refractivity contribution in [2.24, 2.45) is 0 Å². The van der Waals surface area contributed by atoms with Crippen LogP contribution in [0.15, 0.2) is 35.7 Å². The SMILES string of the molecule is O=C(CNc1cc(C(F)(F)F)ccc1N1CCCC1)NCc1cccs1. The molecule has 1 aromatic carbocycles. The maximum absolute atomic E-state index is 13.0. The van der Waals surface area contributed by atoms with E-state index in [-0.39, 0.29) is 12.5 Å². The number of nitrogens with zero attached hydrogens (tertiary/aromatic N) is 1. The third kappa shape index (κ3) is 4.69. The fraction of sp³-hybridized carbons (Fsp3) is 0.389. The number of carbonyl (C=O) groups excluding carboxylic acids is 1. The zero-order chi connectivity index (χ0) is 18.6. The van der Waals surface area contributed by atoms with Gasteiger partial charge in [0.2, 0.25) is 5.91 Å². The van der Waals surface area contributed by atoms with Crippen molar-refractivity contribution >= 4 is 28.6 Å². The fourth-order valence-corrected chi connectivity index (χ4v) is 3.57. The molecule has 0 atom stereocenters. The molecule has 1 saturated heterocycles. The lowest BCUT2D eigenvalue weighted by Gasteiger charge is -2.23. The minimum Gasteiger partial charge on any atom is -0.374 e. The van der Waals surface area contributed by atoms with E-state index in [9.17, 15) is 18.0 Å². The van der Waals surface area contributed by atoms with Gasteiger partial charge in [0, 0.05) is 18.0 Å². The Morgan fingerprint density at radius 2 is 1.96 bits per heavy atom. The molecule has 0 radical (unpaired) electrons. The number of alkyl halides is 3. The highest BCUT2D eigenvalue weighted by Crippen LogP contribution is 2.36. The molecule has 0 saturated carbocycles. The average molecular weight is 383 g/mol. The van der Waals surface area contributed by atoms with E-state index in [1.807, 2.05) is 22.4 Å². The second-order valence-electron chi connectivity index (χ2n) is 6.13. The first-order chi connectivity index (χ1) is 12.4. The lowest BCUT2D eigenvalue weighted by atomic mass is 10.1. The van der Waals surface area contributed by atoms with Crippen molar-refractivity contribution in [3.05, 3.63) is 46.2 Å². The van der Waals surface area contributed by atoms with Gasteiger partial charge in [-0.25, -0.2) is 0 Å². The lowest BCUT2D eigenvalue weighted by molar-refractivity contribution is -0.137. The van der Waals surface area contributed by atoms with E-state index in [0.29, 0.717) is 17.9 Å². The van der Waals surface area contributed by atoms with Gasteiger partial charge < -0.3 is 15.5 Å². The van der Waals surface area contributed by atoms with Crippen LogP contribution < -0.4 is 15.5 Å². The normalized spacial score (nSPS) is 14.5. The molecule has 0 bridgehead atoms. The van der Waals surface area contributed by atoms with Crippen LogP contribution in [0, 0.1) is 0 Å². The number of anilines is 2. The fourth-order valence-electron chi connectivity index (χ4n) is 2.92. The van der Waals surface area contributed by atoms with Crippen molar-refractivity contribution < 1.29 is 18.0 Å². The zero-order valence-corrected chi connectivity index (χ0v) is 14.9. The number of thiophene rings is 1. The van der Waals surface area contributed by atoms with Crippen molar-refractivity contribution in [3.63, 3.8) is 0 Å². The maximum Gasteiger partial charge on any atom is 0.416 e. The van der Waals surface area contributed by atoms with E-state index >= 15 is 0 Å². The Labute approximate surface area is 154 Å². The van der Waals surface area contributed by atoms with Crippen LogP contribution in [0.4, 0.5) is 24.5 Å². The average Bonchev–Trinajstić information content (AvgIpc) is 3.30. The minimum absolute atomic E-state index is 0.0759. The highest BCUT2D eigenvalue weighted by atomic mass is 32.1. The highest BCUT2D eigenvalue weighted by molar-refractivity contribution is 7.09. The van der Waals surface area contributed by atoms with E-state index in [1.165, 1.54) is 17.4 Å². The quantitative estimate of drug-likeness (QED) is 0.790. The van der Waals surface area contributed by atoms with Gasteiger partial charge in [0.1, 0.15) is 0 Å². The second-order valence-corrected chi connectivity index (χ2v) is 7.17. The van der Waals surface area contributed by atoms with Gasteiger partial charge in [0.15, 0.2) is 0 Å². The molecular weight excluding hydrogens is 363 g/mol. The molecule has 1 aliphatic rings. The molecule has 0 unspecified atom stereocenters. The first-order valence-electron chi connectivity index (χ1n) is 8.42. The predicted molar refractivity (Wildman–Crippen MR) is 97.5 cm³/mol. The van der Waals surface area contributed by atoms with Crippen LogP contribution in [0.25, 0.3) is 0 Å². The zero-order valence-electron chi connectivity index (χ0n) is 14.1. The summed E-state index contributed by atoms with van der Waals surface area (Å²) in [5, 5.41) is 7.57. The van der Waals surface area contributed by atoms with Gasteiger partial charge in [-0.05, 0) is 42.5 Å². The number of amides is 1. The van der Waals surface area contributed by atoms with E-state index < -0.39 is 11.7 Å². The summed E-state index contributed by atoms with van der Waals surface area (Å²) in [6, 6.07) is 7.47. The van der Waals surface area contributed by atoms with Gasteiger partial charge in [0.05, 0.1) is 30.0 Å². The first-order valence-corrected chi connectivity index (χ1v) is 9.30. The summed E-state index contributed by atoms with van der Waals surface area (Å²) in [5.74, 6) is -0.261. The highest BCUT2D eigenvalue weighted by Gasteiger charge is 2.31. The summed E-state index contributed by atoms with van der Waals surface area (Å²) in [6.07, 6.45) is -2.38. The number of carbonyl (C=O) groups is 1. The number of benzene rings is 1. The summed E-state index contributed by atoms with van der Waals surface area (Å²) >= 11 is 1.54. The maximum atomic E-state index is 13.0. The molecule has 0 spiro atoms. The Bertz CT molecular complexity index is 741. The summed E-state index contributed by atoms with van der Waals surface area (Å²) in [6.45, 7) is 1.96. The van der Waals surface area contributed by atoms with Crippen LogP contribution in [0.1, 0.15) is 23.3 Å². The molecular formula is C18H20F3N3OS. The van der Waals surface area contributed by atoms with Gasteiger partial charge in [-0.15, -0.1) is 11.3 Å². The molecule has 26 heavy (non-hydrogen) atoms. The Morgan fingerprint density at radius 3 is 2.62 bits per heavy atom. The third-order valence-electron chi connectivity index (χ3n) is 4.25. The van der Waals surface area contributed by atoms with Crippen molar-refractivity contribution in [2.45, 2.75) is 25.6 Å². The van der Waals surface area contributed by atoms with Crippen LogP contribution in [0.5, 0.6) is 0 Å². The molecule has 2 N–H and O–H groups in total. The molecule has 1 fully saturated rings. The molecule has 1 aromatic heterocycles. The number of nitrogens with one attached hydrogen (secondary N) is 2. The minimum atomic E-state index is -4.42. The van der Waals surface area contributed by atoms with Crippen molar-refractivity contribution in [1.82, 2.24) is 5.32 Å². The smallest absolute Gasteiger partial charge is 0.374 e. The van der Waals surface area contributed by atoms with Gasteiger partial charge >= 0.3 is 6.18 Å². The van der Waals surface area contributed by atoms with Gasteiger partial charge in [0.25, 0.3) is 0 Å². The van der Waals surface area contributed by atoms with Crippen molar-refractivity contribution in [2.75, 3.05) is 29.9 Å². The Hall–Kier alpha value is -2.22. The molecule has 2 aromatic rings. The van der Waals surface area contributed by atoms with Gasteiger partial charge in [-0.3, -0.25) is 4.79 Å². The van der Waals surface area contributed by atoms with E-state index in [4.69, 9.17) is 0 Å². The summed E-state index contributed by atoms with van der Waals surface area (Å²) in [7, 11) is 0. The van der Waals surface area contributed by atoms with Crippen LogP contribution in [-0.2, 0) is 17.5 Å². The number of hydrogen-bond donors (Lipinski definition) is 2. The van der Waals surface area contributed by atoms with E-state index in [2.05, 4.69) is 10.6 Å².